The van der Waals surface area contributed by atoms with Crippen LogP contribution < -0.4 is 10.6 Å². The van der Waals surface area contributed by atoms with E-state index in [4.69, 9.17) is 11.6 Å². The van der Waals surface area contributed by atoms with Crippen LogP contribution in [0.3, 0.4) is 0 Å². The number of benzene rings is 2. The Kier molecular flexibility index (Phi) is 4.05. The normalized spacial score (nSPS) is 14.9. The topological polar surface area (TPSA) is 58.2 Å². The molecular formula is C17H14ClFN2O2. The predicted octanol–water partition coefficient (Wildman–Crippen LogP) is 3.84. The number of carbonyl (C=O) groups is 2. The largest absolute Gasteiger partial charge is 0.325 e. The van der Waals surface area contributed by atoms with Crippen molar-refractivity contribution in [1.82, 2.24) is 0 Å². The van der Waals surface area contributed by atoms with E-state index in [-0.39, 0.29) is 5.69 Å². The van der Waals surface area contributed by atoms with Crippen molar-refractivity contribution in [2.75, 3.05) is 10.6 Å². The van der Waals surface area contributed by atoms with Gasteiger partial charge in [0.1, 0.15) is 11.2 Å². The van der Waals surface area contributed by atoms with Gasteiger partial charge in [-0.05, 0) is 49.2 Å². The molecule has 4 nitrogen and oxygen atoms in total. The van der Waals surface area contributed by atoms with Crippen molar-refractivity contribution in [3.63, 3.8) is 0 Å². The number of amides is 2. The highest BCUT2D eigenvalue weighted by Gasteiger charge is 2.56. The third-order valence-electron chi connectivity index (χ3n) is 3.84. The van der Waals surface area contributed by atoms with Gasteiger partial charge in [0.05, 0.1) is 5.69 Å². The summed E-state index contributed by atoms with van der Waals surface area (Å²) >= 11 is 5.79. The van der Waals surface area contributed by atoms with Gasteiger partial charge < -0.3 is 10.6 Å². The Labute approximate surface area is 137 Å². The van der Waals surface area contributed by atoms with E-state index in [1.54, 1.807) is 30.3 Å². The molecule has 118 valence electrons. The van der Waals surface area contributed by atoms with E-state index in [1.165, 1.54) is 18.2 Å². The molecule has 3 rings (SSSR count). The average Bonchev–Trinajstić information content (AvgIpc) is 3.34. The molecule has 2 aromatic carbocycles. The number of nitrogens with one attached hydrogen (secondary N) is 2. The Morgan fingerprint density at radius 2 is 1.57 bits per heavy atom. The maximum absolute atomic E-state index is 13.6. The van der Waals surface area contributed by atoms with Crippen LogP contribution in [0, 0.1) is 11.2 Å². The van der Waals surface area contributed by atoms with E-state index < -0.39 is 23.0 Å². The van der Waals surface area contributed by atoms with Crippen LogP contribution in [-0.2, 0) is 9.59 Å². The van der Waals surface area contributed by atoms with Crippen molar-refractivity contribution in [3.8, 4) is 0 Å². The van der Waals surface area contributed by atoms with E-state index in [2.05, 4.69) is 10.6 Å². The van der Waals surface area contributed by atoms with Crippen LogP contribution in [0.15, 0.2) is 48.5 Å². The predicted molar refractivity (Wildman–Crippen MR) is 86.8 cm³/mol. The maximum atomic E-state index is 13.6. The quantitative estimate of drug-likeness (QED) is 0.836. The van der Waals surface area contributed by atoms with Crippen molar-refractivity contribution >= 4 is 34.8 Å². The third kappa shape index (κ3) is 3.19. The van der Waals surface area contributed by atoms with Gasteiger partial charge >= 0.3 is 0 Å². The molecule has 1 aliphatic carbocycles. The van der Waals surface area contributed by atoms with Crippen LogP contribution in [-0.4, -0.2) is 11.8 Å². The summed E-state index contributed by atoms with van der Waals surface area (Å²) < 4.78 is 13.6. The van der Waals surface area contributed by atoms with Gasteiger partial charge in [0.15, 0.2) is 0 Å². The lowest BCUT2D eigenvalue weighted by molar-refractivity contribution is -0.131. The Balaban J connectivity index is 1.71. The molecule has 2 amide bonds. The van der Waals surface area contributed by atoms with Crippen molar-refractivity contribution in [3.05, 3.63) is 59.4 Å². The molecule has 0 bridgehead atoms. The van der Waals surface area contributed by atoms with Crippen molar-refractivity contribution < 1.29 is 14.0 Å². The van der Waals surface area contributed by atoms with Crippen LogP contribution in [0.5, 0.6) is 0 Å². The lowest BCUT2D eigenvalue weighted by Crippen LogP contribution is -2.35. The molecular weight excluding hydrogens is 319 g/mol. The molecule has 0 aliphatic heterocycles. The minimum atomic E-state index is -1.14. The highest BCUT2D eigenvalue weighted by Crippen LogP contribution is 2.47. The van der Waals surface area contributed by atoms with Crippen LogP contribution >= 0.6 is 11.6 Å². The first-order valence-corrected chi connectivity index (χ1v) is 7.52. The van der Waals surface area contributed by atoms with E-state index in [1.807, 2.05) is 0 Å². The molecule has 1 aliphatic rings. The molecule has 1 saturated carbocycles. The Bertz CT molecular complexity index is 757. The van der Waals surface area contributed by atoms with Crippen LogP contribution in [0.4, 0.5) is 15.8 Å². The lowest BCUT2D eigenvalue weighted by atomic mass is 10.0. The summed E-state index contributed by atoms with van der Waals surface area (Å²) in [6.45, 7) is 0. The van der Waals surface area contributed by atoms with Gasteiger partial charge in [0.25, 0.3) is 0 Å². The van der Waals surface area contributed by atoms with Crippen LogP contribution in [0.25, 0.3) is 0 Å². The molecule has 0 unspecified atom stereocenters. The van der Waals surface area contributed by atoms with Gasteiger partial charge in [-0.3, -0.25) is 9.59 Å². The van der Waals surface area contributed by atoms with E-state index in [0.717, 1.165) is 0 Å². The Morgan fingerprint density at radius 3 is 2.17 bits per heavy atom. The molecule has 1 fully saturated rings. The smallest absolute Gasteiger partial charge is 0.240 e. The molecule has 2 aromatic rings. The van der Waals surface area contributed by atoms with Gasteiger partial charge in [-0.1, -0.05) is 23.7 Å². The van der Waals surface area contributed by atoms with Gasteiger partial charge in [-0.25, -0.2) is 4.39 Å². The molecule has 0 radical (unpaired) electrons. The van der Waals surface area contributed by atoms with E-state index in [9.17, 15) is 14.0 Å². The highest BCUT2D eigenvalue weighted by atomic mass is 35.5. The van der Waals surface area contributed by atoms with Gasteiger partial charge in [0.2, 0.25) is 11.8 Å². The number of anilines is 2. The van der Waals surface area contributed by atoms with E-state index >= 15 is 0 Å². The first kappa shape index (κ1) is 15.5. The summed E-state index contributed by atoms with van der Waals surface area (Å²) in [5, 5.41) is 5.75. The first-order chi connectivity index (χ1) is 11.0. The first-order valence-electron chi connectivity index (χ1n) is 7.14. The van der Waals surface area contributed by atoms with E-state index in [0.29, 0.717) is 23.6 Å². The fourth-order valence-corrected chi connectivity index (χ4v) is 2.40. The molecule has 6 heteroatoms. The minimum Gasteiger partial charge on any atom is -0.325 e. The van der Waals surface area contributed by atoms with Crippen LogP contribution in [0.2, 0.25) is 5.02 Å². The molecule has 23 heavy (non-hydrogen) atoms. The fraction of sp³-hybridized carbons (Fsp3) is 0.176. The van der Waals surface area contributed by atoms with Crippen molar-refractivity contribution in [2.24, 2.45) is 5.41 Å². The molecule has 0 spiro atoms. The number of carbonyl (C=O) groups excluding carboxylic acids is 2. The summed E-state index contributed by atoms with van der Waals surface area (Å²) in [6.07, 6.45) is 0.874. The zero-order valence-corrected chi connectivity index (χ0v) is 12.9. The van der Waals surface area contributed by atoms with Crippen LogP contribution in [0.1, 0.15) is 12.8 Å². The van der Waals surface area contributed by atoms with Gasteiger partial charge in [-0.2, -0.15) is 0 Å². The summed E-state index contributed by atoms with van der Waals surface area (Å²) in [7, 11) is 0. The summed E-state index contributed by atoms with van der Waals surface area (Å²) in [4.78, 5) is 24.8. The number of para-hydroxylation sites is 1. The third-order valence-corrected chi connectivity index (χ3v) is 4.10. The standard InChI is InChI=1S/C17H14ClFN2O2/c18-11-5-7-12(8-6-11)20-15(22)17(9-10-17)16(23)21-14-4-2-1-3-13(14)19/h1-8H,9-10H2,(H,20,22)(H,21,23). The summed E-state index contributed by atoms with van der Waals surface area (Å²) in [5.74, 6) is -1.42. The fourth-order valence-electron chi connectivity index (χ4n) is 2.27. The summed E-state index contributed by atoms with van der Waals surface area (Å²) in [6, 6.07) is 12.5. The van der Waals surface area contributed by atoms with Crippen molar-refractivity contribution in [1.29, 1.82) is 0 Å². The Morgan fingerprint density at radius 1 is 0.957 bits per heavy atom. The van der Waals surface area contributed by atoms with Crippen molar-refractivity contribution in [2.45, 2.75) is 12.8 Å². The number of halogens is 2. The maximum Gasteiger partial charge on any atom is 0.240 e. The molecule has 2 N–H and O–H groups in total. The zero-order chi connectivity index (χ0) is 16.4. The monoisotopic (exact) mass is 332 g/mol. The highest BCUT2D eigenvalue weighted by molar-refractivity contribution is 6.30. The molecule has 0 aromatic heterocycles. The second-order valence-corrected chi connectivity index (χ2v) is 5.91. The van der Waals surface area contributed by atoms with Gasteiger partial charge in [-0.15, -0.1) is 0 Å². The second kappa shape index (κ2) is 6.01. The zero-order valence-electron chi connectivity index (χ0n) is 12.1. The summed E-state index contributed by atoms with van der Waals surface area (Å²) in [5.41, 5.74) is -0.505. The molecule has 0 atom stereocenters. The molecule has 0 saturated heterocycles. The average molecular weight is 333 g/mol. The number of hydrogen-bond donors (Lipinski definition) is 2. The lowest BCUT2D eigenvalue weighted by Gasteiger charge is -2.15. The Hall–Kier alpha value is -2.40. The van der Waals surface area contributed by atoms with Gasteiger partial charge in [0, 0.05) is 10.7 Å². The molecule has 0 heterocycles. The number of hydrogen-bond acceptors (Lipinski definition) is 2. The second-order valence-electron chi connectivity index (χ2n) is 5.48. The number of rotatable bonds is 4. The minimum absolute atomic E-state index is 0.0723. The SMILES string of the molecule is O=C(Nc1ccc(Cl)cc1)C1(C(=O)Nc2ccccc2F)CC1.